The third-order valence-electron chi connectivity index (χ3n) is 4.02. The van der Waals surface area contributed by atoms with Crippen molar-refractivity contribution in [2.75, 3.05) is 0 Å². The van der Waals surface area contributed by atoms with E-state index in [1.165, 1.54) is 5.56 Å². The van der Waals surface area contributed by atoms with Crippen LogP contribution in [-0.2, 0) is 13.0 Å². The van der Waals surface area contributed by atoms with Crippen LogP contribution in [0.2, 0.25) is 0 Å². The molecule has 2 aromatic heterocycles. The predicted molar refractivity (Wildman–Crippen MR) is 104 cm³/mol. The number of ether oxygens (including phenoxy) is 1. The molecular formula is C22H19N3O2. The summed E-state index contributed by atoms with van der Waals surface area (Å²) in [7, 11) is 0. The molecular weight excluding hydrogens is 338 g/mol. The minimum absolute atomic E-state index is 0.361. The Morgan fingerprint density at radius 1 is 1.00 bits per heavy atom. The second-order valence-corrected chi connectivity index (χ2v) is 6.07. The van der Waals surface area contributed by atoms with Gasteiger partial charge in [-0.05, 0) is 29.3 Å². The first-order valence-electron chi connectivity index (χ1n) is 8.73. The molecule has 0 saturated heterocycles. The lowest BCUT2D eigenvalue weighted by molar-refractivity contribution is 0.301. The van der Waals surface area contributed by atoms with Crippen LogP contribution in [0.3, 0.4) is 0 Å². The van der Waals surface area contributed by atoms with Gasteiger partial charge in [0.1, 0.15) is 30.1 Å². The molecule has 4 aromatic rings. The average molecular weight is 357 g/mol. The Hall–Kier alpha value is -3.60. The van der Waals surface area contributed by atoms with Gasteiger partial charge in [-0.15, -0.1) is 0 Å². The van der Waals surface area contributed by atoms with Crippen molar-refractivity contribution in [1.82, 2.24) is 15.0 Å². The third kappa shape index (κ3) is 4.73. The molecule has 4 rings (SSSR count). The molecule has 5 heteroatoms. The average Bonchev–Trinajstić information content (AvgIpc) is 3.39. The molecule has 2 heterocycles. The molecule has 0 unspecified atom stereocenters. The van der Waals surface area contributed by atoms with Gasteiger partial charge in [-0.2, -0.15) is 0 Å². The number of hydrogen-bond acceptors (Lipinski definition) is 4. The number of hydrogen-bond donors (Lipinski definition) is 1. The van der Waals surface area contributed by atoms with E-state index in [2.05, 4.69) is 15.0 Å². The topological polar surface area (TPSA) is 63.9 Å². The molecule has 0 aliphatic rings. The van der Waals surface area contributed by atoms with Crippen LogP contribution in [-0.4, -0.2) is 15.0 Å². The number of aromatic nitrogens is 3. The van der Waals surface area contributed by atoms with Crippen molar-refractivity contribution in [2.24, 2.45) is 0 Å². The molecule has 134 valence electrons. The van der Waals surface area contributed by atoms with E-state index >= 15 is 0 Å². The summed E-state index contributed by atoms with van der Waals surface area (Å²) >= 11 is 0. The van der Waals surface area contributed by atoms with E-state index in [1.54, 1.807) is 12.5 Å². The van der Waals surface area contributed by atoms with Gasteiger partial charge in [0.2, 0.25) is 5.89 Å². The zero-order chi connectivity index (χ0) is 18.3. The summed E-state index contributed by atoms with van der Waals surface area (Å²) in [6.07, 6.45) is 9.79. The second kappa shape index (κ2) is 8.19. The minimum Gasteiger partial charge on any atom is -0.487 e. The van der Waals surface area contributed by atoms with Crippen LogP contribution in [0.5, 0.6) is 5.75 Å². The normalized spacial score (nSPS) is 11.1. The summed E-state index contributed by atoms with van der Waals surface area (Å²) < 4.78 is 11.3. The number of aromatic amines is 1. The van der Waals surface area contributed by atoms with Crippen LogP contribution < -0.4 is 4.74 Å². The van der Waals surface area contributed by atoms with Gasteiger partial charge in [-0.25, -0.2) is 9.97 Å². The summed E-state index contributed by atoms with van der Waals surface area (Å²) in [6, 6.07) is 18.0. The quantitative estimate of drug-likeness (QED) is 0.519. The highest BCUT2D eigenvalue weighted by molar-refractivity contribution is 5.65. The van der Waals surface area contributed by atoms with Crippen LogP contribution >= 0.6 is 0 Å². The molecule has 0 radical (unpaired) electrons. The van der Waals surface area contributed by atoms with Crippen molar-refractivity contribution >= 4 is 12.2 Å². The maximum atomic E-state index is 5.79. The van der Waals surface area contributed by atoms with Crippen molar-refractivity contribution in [3.05, 3.63) is 102 Å². The van der Waals surface area contributed by atoms with Gasteiger partial charge in [-0.3, -0.25) is 0 Å². The molecule has 27 heavy (non-hydrogen) atoms. The maximum absolute atomic E-state index is 5.79. The first-order chi connectivity index (χ1) is 13.3. The number of benzene rings is 2. The molecule has 2 aromatic carbocycles. The highest BCUT2D eigenvalue weighted by Gasteiger charge is 2.04. The second-order valence-electron chi connectivity index (χ2n) is 6.07. The number of H-pyrrole nitrogens is 1. The lowest BCUT2D eigenvalue weighted by Crippen LogP contribution is -1.96. The SMILES string of the molecule is C(=Cc1nc(COc2ccc(Cc3ncc[nH]3)cc2)co1)c1ccccc1. The van der Waals surface area contributed by atoms with E-state index in [0.29, 0.717) is 12.5 Å². The Morgan fingerprint density at radius 3 is 2.63 bits per heavy atom. The summed E-state index contributed by atoms with van der Waals surface area (Å²) in [4.78, 5) is 11.8. The van der Waals surface area contributed by atoms with Gasteiger partial charge in [0.15, 0.2) is 0 Å². The van der Waals surface area contributed by atoms with E-state index in [1.807, 2.05) is 72.9 Å². The summed E-state index contributed by atoms with van der Waals surface area (Å²) in [5, 5.41) is 0. The fourth-order valence-corrected chi connectivity index (χ4v) is 2.65. The monoisotopic (exact) mass is 357 g/mol. The molecule has 0 spiro atoms. The molecule has 5 nitrogen and oxygen atoms in total. The van der Waals surface area contributed by atoms with Gasteiger partial charge in [0.25, 0.3) is 0 Å². The molecule has 0 bridgehead atoms. The van der Waals surface area contributed by atoms with Gasteiger partial charge in [0.05, 0.1) is 0 Å². The highest BCUT2D eigenvalue weighted by atomic mass is 16.5. The number of imidazole rings is 1. The Balaban J connectivity index is 1.31. The van der Waals surface area contributed by atoms with Crippen LogP contribution in [0, 0.1) is 0 Å². The van der Waals surface area contributed by atoms with Crippen LogP contribution in [0.15, 0.2) is 77.7 Å². The van der Waals surface area contributed by atoms with Gasteiger partial charge >= 0.3 is 0 Å². The van der Waals surface area contributed by atoms with E-state index < -0.39 is 0 Å². The fourth-order valence-electron chi connectivity index (χ4n) is 2.65. The Labute approximate surface area is 157 Å². The van der Waals surface area contributed by atoms with Crippen LogP contribution in [0.25, 0.3) is 12.2 Å². The van der Waals surface area contributed by atoms with Crippen LogP contribution in [0.4, 0.5) is 0 Å². The summed E-state index contributed by atoms with van der Waals surface area (Å²) in [5.74, 6) is 2.30. The lowest BCUT2D eigenvalue weighted by atomic mass is 10.1. The third-order valence-corrected chi connectivity index (χ3v) is 4.02. The number of nitrogens with one attached hydrogen (secondary N) is 1. The molecule has 1 N–H and O–H groups in total. The summed E-state index contributed by atoms with van der Waals surface area (Å²) in [5.41, 5.74) is 3.03. The zero-order valence-electron chi connectivity index (χ0n) is 14.7. The van der Waals surface area contributed by atoms with E-state index in [9.17, 15) is 0 Å². The van der Waals surface area contributed by atoms with Crippen molar-refractivity contribution in [3.8, 4) is 5.75 Å². The van der Waals surface area contributed by atoms with E-state index in [4.69, 9.17) is 9.15 Å². The van der Waals surface area contributed by atoms with Gasteiger partial charge < -0.3 is 14.1 Å². The number of nitrogens with zero attached hydrogens (tertiary/aromatic N) is 2. The van der Waals surface area contributed by atoms with E-state index in [0.717, 1.165) is 29.3 Å². The number of rotatable bonds is 7. The lowest BCUT2D eigenvalue weighted by Gasteiger charge is -2.05. The first-order valence-corrected chi connectivity index (χ1v) is 8.73. The Bertz CT molecular complexity index is 988. The highest BCUT2D eigenvalue weighted by Crippen LogP contribution is 2.16. The summed E-state index contributed by atoms with van der Waals surface area (Å²) in [6.45, 7) is 0.361. The van der Waals surface area contributed by atoms with Gasteiger partial charge in [0, 0.05) is 24.9 Å². The largest absolute Gasteiger partial charge is 0.487 e. The standard InChI is InChI=1S/C22H19N3O2/c1-2-4-17(5-3-1)8-11-22-25-19(16-27-22)15-26-20-9-6-18(7-10-20)14-21-23-12-13-24-21/h1-13,16H,14-15H2,(H,23,24). The minimum atomic E-state index is 0.361. The molecule has 0 aliphatic heterocycles. The maximum Gasteiger partial charge on any atom is 0.218 e. The fraction of sp³-hybridized carbons (Fsp3) is 0.0909. The molecule has 0 atom stereocenters. The van der Waals surface area contributed by atoms with Crippen molar-refractivity contribution in [1.29, 1.82) is 0 Å². The Morgan fingerprint density at radius 2 is 1.85 bits per heavy atom. The Kier molecular flexibility index (Phi) is 5.11. The molecule has 0 aliphatic carbocycles. The molecule has 0 fully saturated rings. The van der Waals surface area contributed by atoms with Gasteiger partial charge in [-0.1, -0.05) is 42.5 Å². The molecule has 0 amide bonds. The smallest absolute Gasteiger partial charge is 0.218 e. The van der Waals surface area contributed by atoms with Crippen molar-refractivity contribution in [2.45, 2.75) is 13.0 Å². The number of oxazole rings is 1. The molecule has 0 saturated carbocycles. The zero-order valence-corrected chi connectivity index (χ0v) is 14.7. The van der Waals surface area contributed by atoms with Crippen LogP contribution in [0.1, 0.15) is 28.5 Å². The van der Waals surface area contributed by atoms with Crippen molar-refractivity contribution < 1.29 is 9.15 Å². The van der Waals surface area contributed by atoms with Crippen molar-refractivity contribution in [3.63, 3.8) is 0 Å². The first kappa shape index (κ1) is 16.8. The van der Waals surface area contributed by atoms with E-state index in [-0.39, 0.29) is 0 Å². The predicted octanol–water partition coefficient (Wildman–Crippen LogP) is 4.74.